The number of hydrogen-bond acceptors (Lipinski definition) is 7. The van der Waals surface area contributed by atoms with E-state index in [0.29, 0.717) is 43.3 Å². The largest absolute Gasteiger partial charge is 0.490 e. The third-order valence-corrected chi connectivity index (χ3v) is 7.85. The van der Waals surface area contributed by atoms with Gasteiger partial charge >= 0.3 is 0 Å². The quantitative estimate of drug-likeness (QED) is 0.625. The highest BCUT2D eigenvalue weighted by molar-refractivity contribution is 7.89. The van der Waals surface area contributed by atoms with Crippen LogP contribution in [-0.2, 0) is 26.2 Å². The van der Waals surface area contributed by atoms with E-state index in [1.807, 2.05) is 0 Å². The fourth-order valence-electron chi connectivity index (χ4n) is 4.06. The maximum atomic E-state index is 13.2. The number of rotatable bonds is 7. The molecule has 1 aromatic carbocycles. The fourth-order valence-corrected chi connectivity index (χ4v) is 5.54. The van der Waals surface area contributed by atoms with E-state index in [-0.39, 0.29) is 48.8 Å². The first-order valence-corrected chi connectivity index (χ1v) is 12.7. The van der Waals surface area contributed by atoms with E-state index in [0.717, 1.165) is 6.42 Å². The summed E-state index contributed by atoms with van der Waals surface area (Å²) in [5.41, 5.74) is 0. The van der Waals surface area contributed by atoms with Gasteiger partial charge in [0.25, 0.3) is 0 Å². The Bertz CT molecular complexity index is 1110. The highest BCUT2D eigenvalue weighted by atomic mass is 32.2. The molecule has 2 aliphatic rings. The van der Waals surface area contributed by atoms with Crippen LogP contribution in [0.5, 0.6) is 11.5 Å². The SMILES string of the molecule is CN(CC(=O)NCc1ccco1)C(=O)C1CCN(S(=O)(=O)c2ccc3c(c2)OCCCO3)CC1. The zero-order valence-electron chi connectivity index (χ0n) is 19.1. The second-order valence-corrected chi connectivity index (χ2v) is 10.3. The minimum absolute atomic E-state index is 0.0742. The molecule has 4 rings (SSSR count). The van der Waals surface area contributed by atoms with Gasteiger partial charge in [-0.3, -0.25) is 9.59 Å². The van der Waals surface area contributed by atoms with Gasteiger partial charge in [0.15, 0.2) is 11.5 Å². The molecule has 184 valence electrons. The highest BCUT2D eigenvalue weighted by Crippen LogP contribution is 2.34. The number of amides is 2. The first kappa shape index (κ1) is 24.1. The van der Waals surface area contributed by atoms with Crippen molar-refractivity contribution in [1.82, 2.24) is 14.5 Å². The van der Waals surface area contributed by atoms with Crippen molar-refractivity contribution in [3.8, 4) is 11.5 Å². The van der Waals surface area contributed by atoms with Crippen LogP contribution in [-0.4, -0.2) is 69.3 Å². The van der Waals surface area contributed by atoms with Crippen LogP contribution in [0, 0.1) is 5.92 Å². The van der Waals surface area contributed by atoms with Crippen LogP contribution in [0.3, 0.4) is 0 Å². The maximum absolute atomic E-state index is 13.2. The Morgan fingerprint density at radius 3 is 2.56 bits per heavy atom. The summed E-state index contributed by atoms with van der Waals surface area (Å²) in [6.45, 7) is 1.63. The van der Waals surface area contributed by atoms with Gasteiger partial charge in [0.2, 0.25) is 21.8 Å². The zero-order valence-corrected chi connectivity index (χ0v) is 19.9. The Morgan fingerprint density at radius 2 is 1.85 bits per heavy atom. The third-order valence-electron chi connectivity index (χ3n) is 5.96. The number of hydrogen-bond donors (Lipinski definition) is 1. The summed E-state index contributed by atoms with van der Waals surface area (Å²) < 4.78 is 44.1. The molecule has 1 fully saturated rings. The zero-order chi connectivity index (χ0) is 24.1. The van der Waals surface area contributed by atoms with Crippen molar-refractivity contribution in [3.63, 3.8) is 0 Å². The van der Waals surface area contributed by atoms with Gasteiger partial charge in [-0.2, -0.15) is 4.31 Å². The normalized spacial score (nSPS) is 17.1. The van der Waals surface area contributed by atoms with Gasteiger partial charge in [0.05, 0.1) is 37.5 Å². The van der Waals surface area contributed by atoms with Crippen molar-refractivity contribution < 1.29 is 31.9 Å². The van der Waals surface area contributed by atoms with Crippen molar-refractivity contribution in [2.45, 2.75) is 30.7 Å². The minimum atomic E-state index is -3.72. The molecule has 1 N–H and O–H groups in total. The number of ether oxygens (including phenoxy) is 2. The number of benzene rings is 1. The van der Waals surface area contributed by atoms with E-state index in [1.54, 1.807) is 25.2 Å². The van der Waals surface area contributed by atoms with E-state index >= 15 is 0 Å². The average Bonchev–Trinajstić information content (AvgIpc) is 3.25. The van der Waals surface area contributed by atoms with Gasteiger partial charge in [-0.1, -0.05) is 0 Å². The van der Waals surface area contributed by atoms with Gasteiger partial charge < -0.3 is 24.1 Å². The van der Waals surface area contributed by atoms with Crippen LogP contribution < -0.4 is 14.8 Å². The molecule has 11 heteroatoms. The standard InChI is InChI=1S/C23H29N3O7S/c1-25(16-22(27)24-15-18-4-2-11-31-18)23(28)17-7-9-26(10-8-17)34(29,30)19-5-6-20-21(14-19)33-13-3-12-32-20/h2,4-6,11,14,17H,3,7-10,12-13,15-16H2,1H3,(H,24,27). The molecule has 0 unspecified atom stereocenters. The Morgan fingerprint density at radius 1 is 1.12 bits per heavy atom. The number of carbonyl (C=O) groups excluding carboxylic acids is 2. The van der Waals surface area contributed by atoms with E-state index in [1.165, 1.54) is 27.6 Å². The molecule has 2 aliphatic heterocycles. The van der Waals surface area contributed by atoms with Crippen molar-refractivity contribution in [1.29, 1.82) is 0 Å². The summed E-state index contributed by atoms with van der Waals surface area (Å²) in [7, 11) is -2.15. The van der Waals surface area contributed by atoms with Gasteiger partial charge in [-0.05, 0) is 37.1 Å². The van der Waals surface area contributed by atoms with E-state index in [2.05, 4.69) is 5.32 Å². The van der Waals surface area contributed by atoms with E-state index in [4.69, 9.17) is 13.9 Å². The summed E-state index contributed by atoms with van der Waals surface area (Å²) in [4.78, 5) is 26.5. The van der Waals surface area contributed by atoms with Crippen LogP contribution >= 0.6 is 0 Å². The molecule has 0 saturated carbocycles. The number of sulfonamides is 1. The predicted octanol–water partition coefficient (Wildman–Crippen LogP) is 1.62. The van der Waals surface area contributed by atoms with Crippen molar-refractivity contribution >= 4 is 21.8 Å². The lowest BCUT2D eigenvalue weighted by Gasteiger charge is -2.32. The maximum Gasteiger partial charge on any atom is 0.243 e. The number of nitrogens with one attached hydrogen (secondary N) is 1. The summed E-state index contributed by atoms with van der Waals surface area (Å²) in [6, 6.07) is 8.13. The second kappa shape index (κ2) is 10.5. The van der Waals surface area contributed by atoms with Gasteiger partial charge in [-0.25, -0.2) is 8.42 Å². The number of furan rings is 1. The topological polar surface area (TPSA) is 118 Å². The Kier molecular flexibility index (Phi) is 7.42. The monoisotopic (exact) mass is 491 g/mol. The molecule has 2 amide bonds. The van der Waals surface area contributed by atoms with Crippen LogP contribution in [0.15, 0.2) is 45.9 Å². The molecule has 0 bridgehead atoms. The number of likely N-dealkylation sites (N-methyl/N-ethyl adjacent to an activating group) is 1. The smallest absolute Gasteiger partial charge is 0.243 e. The van der Waals surface area contributed by atoms with Crippen LogP contribution in [0.25, 0.3) is 0 Å². The molecule has 0 aliphatic carbocycles. The van der Waals surface area contributed by atoms with Crippen molar-refractivity contribution in [2.24, 2.45) is 5.92 Å². The number of nitrogens with zero attached hydrogens (tertiary/aromatic N) is 2. The molecule has 0 spiro atoms. The summed E-state index contributed by atoms with van der Waals surface area (Å²) >= 11 is 0. The molecule has 34 heavy (non-hydrogen) atoms. The molecular formula is C23H29N3O7S. The van der Waals surface area contributed by atoms with Crippen molar-refractivity contribution in [3.05, 3.63) is 42.4 Å². The lowest BCUT2D eigenvalue weighted by Crippen LogP contribution is -2.45. The van der Waals surface area contributed by atoms with Crippen LogP contribution in [0.2, 0.25) is 0 Å². The first-order valence-electron chi connectivity index (χ1n) is 11.3. The van der Waals surface area contributed by atoms with Crippen LogP contribution in [0.1, 0.15) is 25.0 Å². The third kappa shape index (κ3) is 5.53. The number of carbonyl (C=O) groups is 2. The average molecular weight is 492 g/mol. The summed E-state index contributed by atoms with van der Waals surface area (Å²) in [6.07, 6.45) is 3.04. The molecule has 1 aromatic heterocycles. The molecule has 3 heterocycles. The Balaban J connectivity index is 1.30. The van der Waals surface area contributed by atoms with Crippen molar-refractivity contribution in [2.75, 3.05) is 39.9 Å². The molecule has 0 atom stereocenters. The Labute approximate surface area is 198 Å². The van der Waals surface area contributed by atoms with Gasteiger partial charge in [-0.15, -0.1) is 0 Å². The fraction of sp³-hybridized carbons (Fsp3) is 0.478. The highest BCUT2D eigenvalue weighted by Gasteiger charge is 2.34. The predicted molar refractivity (Wildman–Crippen MR) is 122 cm³/mol. The first-order chi connectivity index (χ1) is 16.3. The molecule has 10 nitrogen and oxygen atoms in total. The Hall–Kier alpha value is -3.05. The number of piperidine rings is 1. The van der Waals surface area contributed by atoms with Crippen LogP contribution in [0.4, 0.5) is 0 Å². The number of fused-ring (bicyclic) bond motifs is 1. The van der Waals surface area contributed by atoms with Gasteiger partial charge in [0.1, 0.15) is 5.76 Å². The summed E-state index contributed by atoms with van der Waals surface area (Å²) in [5.74, 6) is 0.803. The minimum Gasteiger partial charge on any atom is -0.490 e. The molecular weight excluding hydrogens is 462 g/mol. The summed E-state index contributed by atoms with van der Waals surface area (Å²) in [5, 5.41) is 2.71. The van der Waals surface area contributed by atoms with E-state index in [9.17, 15) is 18.0 Å². The molecule has 0 radical (unpaired) electrons. The van der Waals surface area contributed by atoms with E-state index < -0.39 is 10.0 Å². The second-order valence-electron chi connectivity index (χ2n) is 8.39. The molecule has 2 aromatic rings. The lowest BCUT2D eigenvalue weighted by molar-refractivity contribution is -0.139. The lowest BCUT2D eigenvalue weighted by atomic mass is 9.96. The van der Waals surface area contributed by atoms with Gasteiger partial charge in [0, 0.05) is 38.5 Å². The molecule has 1 saturated heterocycles.